The standard InChI is InChI=1S/C8H12O3/c9-4-5-7(10-5)8-3-1-2-6(8)11-8/h5-7,9H,1-4H2. The zero-order chi connectivity index (χ0) is 7.47. The first-order chi connectivity index (χ1) is 5.37. The van der Waals surface area contributed by atoms with Gasteiger partial charge in [-0.1, -0.05) is 0 Å². The molecule has 0 aromatic rings. The molecule has 0 radical (unpaired) electrons. The number of aliphatic hydroxyl groups is 1. The second-order valence-electron chi connectivity index (χ2n) is 3.73. The van der Waals surface area contributed by atoms with E-state index in [2.05, 4.69) is 0 Å². The Morgan fingerprint density at radius 3 is 2.91 bits per heavy atom. The normalized spacial score (nSPS) is 59.2. The number of rotatable bonds is 2. The quantitative estimate of drug-likeness (QED) is 0.575. The highest BCUT2D eigenvalue weighted by Crippen LogP contribution is 2.57. The molecule has 2 saturated heterocycles. The van der Waals surface area contributed by atoms with Gasteiger partial charge in [-0.25, -0.2) is 0 Å². The number of aliphatic hydroxyl groups excluding tert-OH is 1. The Hall–Kier alpha value is -0.120. The molecule has 2 heterocycles. The predicted molar refractivity (Wildman–Crippen MR) is 37.2 cm³/mol. The molecule has 1 aliphatic carbocycles. The molecule has 11 heavy (non-hydrogen) atoms. The Balaban J connectivity index is 1.72. The maximum atomic E-state index is 8.79. The summed E-state index contributed by atoms with van der Waals surface area (Å²) in [5, 5.41) is 8.79. The lowest BCUT2D eigenvalue weighted by Gasteiger charge is -2.01. The van der Waals surface area contributed by atoms with Crippen LogP contribution in [0.1, 0.15) is 19.3 Å². The summed E-state index contributed by atoms with van der Waals surface area (Å²) in [7, 11) is 0. The average molecular weight is 156 g/mol. The van der Waals surface area contributed by atoms with Crippen molar-refractivity contribution >= 4 is 0 Å². The molecule has 0 bridgehead atoms. The van der Waals surface area contributed by atoms with Crippen LogP contribution in [-0.4, -0.2) is 35.6 Å². The van der Waals surface area contributed by atoms with Gasteiger partial charge in [0.15, 0.2) is 0 Å². The van der Waals surface area contributed by atoms with Crippen molar-refractivity contribution in [2.24, 2.45) is 0 Å². The molecule has 3 fully saturated rings. The maximum Gasteiger partial charge on any atom is 0.123 e. The summed E-state index contributed by atoms with van der Waals surface area (Å²) in [6.07, 6.45) is 4.36. The third-order valence-electron chi connectivity index (χ3n) is 3.13. The molecule has 2 aliphatic heterocycles. The van der Waals surface area contributed by atoms with E-state index in [9.17, 15) is 0 Å². The van der Waals surface area contributed by atoms with Crippen LogP contribution in [-0.2, 0) is 9.47 Å². The van der Waals surface area contributed by atoms with E-state index in [4.69, 9.17) is 14.6 Å². The Kier molecular flexibility index (Phi) is 1.04. The highest BCUT2D eigenvalue weighted by atomic mass is 16.7. The van der Waals surface area contributed by atoms with Crippen molar-refractivity contribution < 1.29 is 14.6 Å². The fourth-order valence-corrected chi connectivity index (χ4v) is 2.42. The van der Waals surface area contributed by atoms with Gasteiger partial charge in [0.25, 0.3) is 0 Å². The van der Waals surface area contributed by atoms with Crippen LogP contribution in [0.25, 0.3) is 0 Å². The lowest BCUT2D eigenvalue weighted by atomic mass is 10.0. The molecule has 0 aromatic carbocycles. The minimum Gasteiger partial charge on any atom is -0.394 e. The molecule has 4 atom stereocenters. The Bertz CT molecular complexity index is 194. The zero-order valence-electron chi connectivity index (χ0n) is 6.32. The van der Waals surface area contributed by atoms with E-state index in [1.54, 1.807) is 0 Å². The molecule has 1 saturated carbocycles. The fourth-order valence-electron chi connectivity index (χ4n) is 2.42. The van der Waals surface area contributed by atoms with Crippen molar-refractivity contribution in [2.75, 3.05) is 6.61 Å². The van der Waals surface area contributed by atoms with Crippen LogP contribution in [0.5, 0.6) is 0 Å². The summed E-state index contributed by atoms with van der Waals surface area (Å²) in [6.45, 7) is 0.155. The minimum absolute atomic E-state index is 0.0629. The molecule has 3 aliphatic rings. The van der Waals surface area contributed by atoms with Crippen molar-refractivity contribution in [3.05, 3.63) is 0 Å². The molecule has 0 amide bonds. The molecule has 4 unspecified atom stereocenters. The largest absolute Gasteiger partial charge is 0.394 e. The van der Waals surface area contributed by atoms with Crippen LogP contribution in [0.15, 0.2) is 0 Å². The first-order valence-electron chi connectivity index (χ1n) is 4.31. The number of hydrogen-bond donors (Lipinski definition) is 1. The van der Waals surface area contributed by atoms with Gasteiger partial charge in [-0.3, -0.25) is 0 Å². The van der Waals surface area contributed by atoms with Crippen LogP contribution < -0.4 is 0 Å². The molecule has 3 rings (SSSR count). The Labute approximate surface area is 65.3 Å². The third kappa shape index (κ3) is 0.687. The van der Waals surface area contributed by atoms with E-state index in [0.717, 1.165) is 6.42 Å². The predicted octanol–water partition coefficient (Wildman–Crippen LogP) is 0.0676. The maximum absolute atomic E-state index is 8.79. The van der Waals surface area contributed by atoms with Crippen LogP contribution in [0, 0.1) is 0 Å². The Morgan fingerprint density at radius 2 is 2.45 bits per heavy atom. The van der Waals surface area contributed by atoms with Crippen molar-refractivity contribution in [1.82, 2.24) is 0 Å². The molecular weight excluding hydrogens is 144 g/mol. The van der Waals surface area contributed by atoms with Crippen LogP contribution in [0.2, 0.25) is 0 Å². The van der Waals surface area contributed by atoms with E-state index < -0.39 is 0 Å². The summed E-state index contributed by atoms with van der Waals surface area (Å²) in [5.74, 6) is 0. The van der Waals surface area contributed by atoms with E-state index in [-0.39, 0.29) is 24.4 Å². The van der Waals surface area contributed by atoms with Crippen molar-refractivity contribution in [3.63, 3.8) is 0 Å². The number of fused-ring (bicyclic) bond motifs is 1. The number of epoxide rings is 2. The van der Waals surface area contributed by atoms with Gasteiger partial charge in [0, 0.05) is 0 Å². The van der Waals surface area contributed by atoms with E-state index >= 15 is 0 Å². The first kappa shape index (κ1) is 6.40. The lowest BCUT2D eigenvalue weighted by molar-refractivity contribution is 0.203. The van der Waals surface area contributed by atoms with Gasteiger partial charge in [0.1, 0.15) is 17.8 Å². The molecule has 0 spiro atoms. The molecule has 3 heteroatoms. The number of hydrogen-bond acceptors (Lipinski definition) is 3. The third-order valence-corrected chi connectivity index (χ3v) is 3.13. The molecule has 0 aromatic heterocycles. The van der Waals surface area contributed by atoms with Gasteiger partial charge in [-0.15, -0.1) is 0 Å². The molecule has 1 N–H and O–H groups in total. The molecule has 3 nitrogen and oxygen atoms in total. The van der Waals surface area contributed by atoms with Crippen molar-refractivity contribution in [3.8, 4) is 0 Å². The average Bonchev–Trinajstić information content (AvgIpc) is 2.91. The second-order valence-corrected chi connectivity index (χ2v) is 3.73. The van der Waals surface area contributed by atoms with Gasteiger partial charge in [-0.2, -0.15) is 0 Å². The van der Waals surface area contributed by atoms with E-state index in [0.29, 0.717) is 6.10 Å². The fraction of sp³-hybridized carbons (Fsp3) is 1.00. The molecular formula is C8H12O3. The zero-order valence-corrected chi connectivity index (χ0v) is 6.32. The summed E-state index contributed by atoms with van der Waals surface area (Å²) < 4.78 is 10.9. The summed E-state index contributed by atoms with van der Waals surface area (Å²) in [5.41, 5.74) is 0.0629. The Morgan fingerprint density at radius 1 is 1.55 bits per heavy atom. The first-order valence-corrected chi connectivity index (χ1v) is 4.31. The lowest BCUT2D eigenvalue weighted by Crippen LogP contribution is -2.21. The second kappa shape index (κ2) is 1.79. The summed E-state index contributed by atoms with van der Waals surface area (Å²) in [4.78, 5) is 0. The van der Waals surface area contributed by atoms with Gasteiger partial charge >= 0.3 is 0 Å². The van der Waals surface area contributed by atoms with E-state index in [1.165, 1.54) is 12.8 Å². The van der Waals surface area contributed by atoms with Gasteiger partial charge in [0.2, 0.25) is 0 Å². The highest BCUT2D eigenvalue weighted by Gasteiger charge is 2.71. The number of ether oxygens (including phenoxy) is 2. The summed E-state index contributed by atoms with van der Waals surface area (Å²) in [6, 6.07) is 0. The van der Waals surface area contributed by atoms with E-state index in [1.807, 2.05) is 0 Å². The van der Waals surface area contributed by atoms with Crippen LogP contribution in [0.4, 0.5) is 0 Å². The van der Waals surface area contributed by atoms with Gasteiger partial charge < -0.3 is 14.6 Å². The van der Waals surface area contributed by atoms with Crippen LogP contribution in [0.3, 0.4) is 0 Å². The highest BCUT2D eigenvalue weighted by molar-refractivity contribution is 5.18. The van der Waals surface area contributed by atoms with Crippen molar-refractivity contribution in [2.45, 2.75) is 43.2 Å². The van der Waals surface area contributed by atoms with Crippen LogP contribution >= 0.6 is 0 Å². The van der Waals surface area contributed by atoms with Gasteiger partial charge in [-0.05, 0) is 19.3 Å². The summed E-state index contributed by atoms with van der Waals surface area (Å²) >= 11 is 0. The molecule has 62 valence electrons. The van der Waals surface area contributed by atoms with Crippen molar-refractivity contribution in [1.29, 1.82) is 0 Å². The topological polar surface area (TPSA) is 45.3 Å². The van der Waals surface area contributed by atoms with Gasteiger partial charge in [0.05, 0.1) is 12.7 Å². The smallest absolute Gasteiger partial charge is 0.123 e. The minimum atomic E-state index is 0.0629. The monoisotopic (exact) mass is 156 g/mol. The SMILES string of the molecule is OCC1OC1C12CCCC1O2.